The summed E-state index contributed by atoms with van der Waals surface area (Å²) in [7, 11) is 2.04. The average molecular weight is 267 g/mol. The van der Waals surface area contributed by atoms with Crippen molar-refractivity contribution in [1.82, 2.24) is 10.2 Å². The van der Waals surface area contributed by atoms with Crippen LogP contribution >= 0.6 is 12.4 Å². The van der Waals surface area contributed by atoms with Gasteiger partial charge in [0.2, 0.25) is 0 Å². The van der Waals surface area contributed by atoms with Crippen molar-refractivity contribution in [3.05, 3.63) is 42.0 Å². The minimum absolute atomic E-state index is 0. The predicted molar refractivity (Wildman–Crippen MR) is 81.2 cm³/mol. The Morgan fingerprint density at radius 1 is 1.33 bits per heavy atom. The van der Waals surface area contributed by atoms with Crippen LogP contribution in [0.4, 0.5) is 0 Å². The standard InChI is InChI=1S/C15H22N2.ClH/c1-16-12-15-9-11-17(13-15)10-5-8-14-6-3-2-4-7-14;/h2-8,15-16H,9-13H2,1H3;1H/b8-5+;. The lowest BCUT2D eigenvalue weighted by molar-refractivity contribution is 0.357. The van der Waals surface area contributed by atoms with E-state index in [1.807, 2.05) is 7.05 Å². The molecule has 1 fully saturated rings. The van der Waals surface area contributed by atoms with E-state index in [0.717, 1.165) is 19.0 Å². The van der Waals surface area contributed by atoms with Crippen LogP contribution in [-0.2, 0) is 0 Å². The fourth-order valence-corrected chi connectivity index (χ4v) is 2.44. The van der Waals surface area contributed by atoms with Crippen LogP contribution in [0, 0.1) is 5.92 Å². The summed E-state index contributed by atoms with van der Waals surface area (Å²) in [4.78, 5) is 2.53. The first-order valence-electron chi connectivity index (χ1n) is 6.47. The van der Waals surface area contributed by atoms with E-state index in [0.29, 0.717) is 0 Å². The normalized spacial score (nSPS) is 20.2. The van der Waals surface area contributed by atoms with Crippen LogP contribution < -0.4 is 5.32 Å². The molecular formula is C15H23ClN2. The fraction of sp³-hybridized carbons (Fsp3) is 0.467. The Morgan fingerprint density at radius 2 is 2.11 bits per heavy atom. The van der Waals surface area contributed by atoms with E-state index in [1.165, 1.54) is 25.1 Å². The molecule has 1 atom stereocenters. The summed E-state index contributed by atoms with van der Waals surface area (Å²) in [5.74, 6) is 0.838. The minimum atomic E-state index is 0. The van der Waals surface area contributed by atoms with Crippen LogP contribution in [0.3, 0.4) is 0 Å². The quantitative estimate of drug-likeness (QED) is 0.882. The van der Waals surface area contributed by atoms with Crippen LogP contribution in [0.1, 0.15) is 12.0 Å². The lowest BCUT2D eigenvalue weighted by atomic mass is 10.1. The van der Waals surface area contributed by atoms with Gasteiger partial charge in [0.1, 0.15) is 0 Å². The van der Waals surface area contributed by atoms with Crippen LogP contribution in [0.25, 0.3) is 6.08 Å². The number of hydrogen-bond donors (Lipinski definition) is 1. The van der Waals surface area contributed by atoms with Crippen molar-refractivity contribution in [1.29, 1.82) is 0 Å². The monoisotopic (exact) mass is 266 g/mol. The zero-order chi connectivity index (χ0) is 11.9. The SMILES string of the molecule is CNCC1CCN(C/C=C/c2ccccc2)C1.Cl. The lowest BCUT2D eigenvalue weighted by Crippen LogP contribution is -2.24. The molecule has 0 radical (unpaired) electrons. The van der Waals surface area contributed by atoms with Gasteiger partial charge in [0.25, 0.3) is 0 Å². The van der Waals surface area contributed by atoms with Gasteiger partial charge in [-0.3, -0.25) is 4.90 Å². The van der Waals surface area contributed by atoms with Gasteiger partial charge >= 0.3 is 0 Å². The molecule has 3 heteroatoms. The summed E-state index contributed by atoms with van der Waals surface area (Å²) in [5.41, 5.74) is 1.29. The Labute approximate surface area is 116 Å². The highest BCUT2D eigenvalue weighted by Gasteiger charge is 2.20. The molecule has 2 nitrogen and oxygen atoms in total. The molecular weight excluding hydrogens is 244 g/mol. The van der Waals surface area contributed by atoms with Gasteiger partial charge in [-0.15, -0.1) is 12.4 Å². The van der Waals surface area contributed by atoms with Crippen molar-refractivity contribution >= 4 is 18.5 Å². The van der Waals surface area contributed by atoms with Crippen molar-refractivity contribution < 1.29 is 0 Å². The van der Waals surface area contributed by atoms with Gasteiger partial charge in [0, 0.05) is 13.1 Å². The number of rotatable bonds is 5. The Kier molecular flexibility index (Phi) is 7.02. The van der Waals surface area contributed by atoms with Crippen LogP contribution in [0.15, 0.2) is 36.4 Å². The molecule has 1 aromatic rings. The molecule has 1 aliphatic heterocycles. The summed E-state index contributed by atoms with van der Waals surface area (Å²) < 4.78 is 0. The zero-order valence-corrected chi connectivity index (χ0v) is 11.8. The minimum Gasteiger partial charge on any atom is -0.319 e. The summed E-state index contributed by atoms with van der Waals surface area (Å²) in [6.07, 6.45) is 5.82. The van der Waals surface area contributed by atoms with Crippen LogP contribution in [0.2, 0.25) is 0 Å². The number of hydrogen-bond acceptors (Lipinski definition) is 2. The molecule has 18 heavy (non-hydrogen) atoms. The maximum Gasteiger partial charge on any atom is 0.0166 e. The maximum absolute atomic E-state index is 3.27. The first kappa shape index (κ1) is 15.2. The largest absolute Gasteiger partial charge is 0.319 e. The molecule has 0 spiro atoms. The summed E-state index contributed by atoms with van der Waals surface area (Å²) in [5, 5.41) is 3.27. The molecule has 0 aliphatic carbocycles. The Hall–Kier alpha value is -0.830. The molecule has 1 aliphatic rings. The summed E-state index contributed by atoms with van der Waals surface area (Å²) >= 11 is 0. The molecule has 1 aromatic carbocycles. The van der Waals surface area contributed by atoms with Crippen molar-refractivity contribution in [3.8, 4) is 0 Å². The van der Waals surface area contributed by atoms with Gasteiger partial charge in [-0.1, -0.05) is 42.5 Å². The molecule has 1 unspecified atom stereocenters. The van der Waals surface area contributed by atoms with Crippen LogP contribution in [-0.4, -0.2) is 38.1 Å². The third-order valence-corrected chi connectivity index (χ3v) is 3.34. The highest BCUT2D eigenvalue weighted by molar-refractivity contribution is 5.85. The van der Waals surface area contributed by atoms with E-state index in [9.17, 15) is 0 Å². The predicted octanol–water partition coefficient (Wildman–Crippen LogP) is 2.66. The number of nitrogens with zero attached hydrogens (tertiary/aromatic N) is 1. The molecule has 0 amide bonds. The Bertz CT molecular complexity index is 351. The zero-order valence-electron chi connectivity index (χ0n) is 11.0. The molecule has 100 valence electrons. The highest BCUT2D eigenvalue weighted by atomic mass is 35.5. The van der Waals surface area contributed by atoms with Gasteiger partial charge < -0.3 is 5.32 Å². The van der Waals surface area contributed by atoms with E-state index in [-0.39, 0.29) is 12.4 Å². The molecule has 1 N–H and O–H groups in total. The Morgan fingerprint density at radius 3 is 2.83 bits per heavy atom. The van der Waals surface area contributed by atoms with Gasteiger partial charge in [0.05, 0.1) is 0 Å². The van der Waals surface area contributed by atoms with Crippen molar-refractivity contribution in [2.75, 3.05) is 33.2 Å². The number of benzene rings is 1. The molecule has 2 rings (SSSR count). The van der Waals surface area contributed by atoms with Crippen molar-refractivity contribution in [3.63, 3.8) is 0 Å². The first-order valence-corrected chi connectivity index (χ1v) is 6.47. The van der Waals surface area contributed by atoms with Gasteiger partial charge in [0.15, 0.2) is 0 Å². The number of likely N-dealkylation sites (tertiary alicyclic amines) is 1. The topological polar surface area (TPSA) is 15.3 Å². The fourth-order valence-electron chi connectivity index (χ4n) is 2.44. The van der Waals surface area contributed by atoms with Gasteiger partial charge in [-0.05, 0) is 38.0 Å². The lowest BCUT2D eigenvalue weighted by Gasteiger charge is -2.13. The average Bonchev–Trinajstić information content (AvgIpc) is 2.79. The van der Waals surface area contributed by atoms with Gasteiger partial charge in [-0.2, -0.15) is 0 Å². The third-order valence-electron chi connectivity index (χ3n) is 3.34. The second-order valence-electron chi connectivity index (χ2n) is 4.79. The van der Waals surface area contributed by atoms with E-state index < -0.39 is 0 Å². The molecule has 0 bridgehead atoms. The number of nitrogens with one attached hydrogen (secondary N) is 1. The summed E-state index contributed by atoms with van der Waals surface area (Å²) in [6.45, 7) is 4.71. The van der Waals surface area contributed by atoms with E-state index in [4.69, 9.17) is 0 Å². The highest BCUT2D eigenvalue weighted by Crippen LogP contribution is 2.15. The van der Waals surface area contributed by atoms with E-state index in [2.05, 4.69) is 52.7 Å². The van der Waals surface area contributed by atoms with Crippen LogP contribution in [0.5, 0.6) is 0 Å². The van der Waals surface area contributed by atoms with E-state index in [1.54, 1.807) is 0 Å². The Balaban J connectivity index is 0.00000162. The molecule has 0 aromatic heterocycles. The molecule has 0 saturated carbocycles. The van der Waals surface area contributed by atoms with Gasteiger partial charge in [-0.25, -0.2) is 0 Å². The first-order chi connectivity index (χ1) is 8.38. The van der Waals surface area contributed by atoms with E-state index >= 15 is 0 Å². The molecule has 1 heterocycles. The second kappa shape index (κ2) is 8.30. The molecule has 1 saturated heterocycles. The number of halogens is 1. The smallest absolute Gasteiger partial charge is 0.0166 e. The second-order valence-corrected chi connectivity index (χ2v) is 4.79. The maximum atomic E-state index is 3.27. The van der Waals surface area contributed by atoms with Crippen molar-refractivity contribution in [2.24, 2.45) is 5.92 Å². The summed E-state index contributed by atoms with van der Waals surface area (Å²) in [6, 6.07) is 10.5. The third kappa shape index (κ3) is 4.81. The van der Waals surface area contributed by atoms with Crippen molar-refractivity contribution in [2.45, 2.75) is 6.42 Å².